The number of methoxy groups -OCH3 is 1. The lowest BCUT2D eigenvalue weighted by Gasteiger charge is -2.15. The Labute approximate surface area is 120 Å². The Kier molecular flexibility index (Phi) is 5.18. The van der Waals surface area contributed by atoms with Gasteiger partial charge in [-0.3, -0.25) is 4.68 Å². The summed E-state index contributed by atoms with van der Waals surface area (Å²) in [5.74, 6) is 0.891. The maximum Gasteiger partial charge on any atom is 0.118 e. The van der Waals surface area contributed by atoms with E-state index in [1.54, 1.807) is 7.11 Å². The van der Waals surface area contributed by atoms with E-state index in [9.17, 15) is 0 Å². The van der Waals surface area contributed by atoms with Gasteiger partial charge >= 0.3 is 0 Å². The zero-order valence-corrected chi connectivity index (χ0v) is 12.5. The number of aryl methyl sites for hydroxylation is 1. The normalized spacial score (nSPS) is 12.3. The van der Waals surface area contributed by atoms with Gasteiger partial charge in [0.1, 0.15) is 5.75 Å². The Morgan fingerprint density at radius 2 is 2.00 bits per heavy atom. The minimum absolute atomic E-state index is 0.297. The van der Waals surface area contributed by atoms with Crippen molar-refractivity contribution in [1.82, 2.24) is 15.1 Å². The van der Waals surface area contributed by atoms with Crippen molar-refractivity contribution in [1.29, 1.82) is 0 Å². The minimum Gasteiger partial charge on any atom is -0.497 e. The molecule has 0 amide bonds. The van der Waals surface area contributed by atoms with E-state index in [1.807, 2.05) is 18.3 Å². The summed E-state index contributed by atoms with van der Waals surface area (Å²) < 4.78 is 7.24. The lowest BCUT2D eigenvalue weighted by Crippen LogP contribution is -2.20. The van der Waals surface area contributed by atoms with Crippen LogP contribution in [0.1, 0.15) is 37.6 Å². The zero-order valence-electron chi connectivity index (χ0n) is 12.5. The Balaban J connectivity index is 1.93. The summed E-state index contributed by atoms with van der Waals surface area (Å²) in [7, 11) is 1.69. The Bertz CT molecular complexity index is 519. The van der Waals surface area contributed by atoms with Crippen LogP contribution in [0.25, 0.3) is 0 Å². The maximum absolute atomic E-state index is 5.18. The molecule has 108 valence electrons. The number of ether oxygens (including phenoxy) is 1. The molecule has 4 heteroatoms. The molecule has 0 saturated carbocycles. The van der Waals surface area contributed by atoms with E-state index in [0.29, 0.717) is 6.04 Å². The molecule has 1 atom stereocenters. The second kappa shape index (κ2) is 7.10. The van der Waals surface area contributed by atoms with Crippen molar-refractivity contribution in [3.8, 4) is 5.75 Å². The summed E-state index contributed by atoms with van der Waals surface area (Å²) in [5.41, 5.74) is 2.49. The van der Waals surface area contributed by atoms with E-state index in [0.717, 1.165) is 25.3 Å². The Hall–Kier alpha value is -1.81. The molecule has 2 aromatic rings. The molecule has 0 aliphatic carbocycles. The predicted octanol–water partition coefficient (Wildman–Crippen LogP) is 3.15. The summed E-state index contributed by atoms with van der Waals surface area (Å²) in [6.07, 6.45) is 2.97. The fraction of sp³-hybridized carbons (Fsp3) is 0.438. The lowest BCUT2D eigenvalue weighted by molar-refractivity contribution is 0.414. The molecule has 1 unspecified atom stereocenters. The van der Waals surface area contributed by atoms with Crippen molar-refractivity contribution in [2.24, 2.45) is 0 Å². The summed E-state index contributed by atoms with van der Waals surface area (Å²) in [6.45, 7) is 6.13. The molecule has 1 N–H and O–H groups in total. The van der Waals surface area contributed by atoms with Crippen LogP contribution in [0.2, 0.25) is 0 Å². The second-order valence-corrected chi connectivity index (χ2v) is 4.92. The van der Waals surface area contributed by atoms with Gasteiger partial charge in [0.05, 0.1) is 12.8 Å². The number of nitrogens with one attached hydrogen (secondary N) is 1. The lowest BCUT2D eigenvalue weighted by atomic mass is 10.1. The molecule has 0 fully saturated rings. The van der Waals surface area contributed by atoms with Crippen LogP contribution in [-0.4, -0.2) is 16.9 Å². The summed E-state index contributed by atoms with van der Waals surface area (Å²) in [6, 6.07) is 10.6. The Morgan fingerprint density at radius 3 is 2.65 bits per heavy atom. The van der Waals surface area contributed by atoms with Crippen LogP contribution in [0, 0.1) is 0 Å². The van der Waals surface area contributed by atoms with E-state index in [1.165, 1.54) is 11.3 Å². The number of hydrogen-bond donors (Lipinski definition) is 1. The first-order valence-electron chi connectivity index (χ1n) is 7.12. The van der Waals surface area contributed by atoms with Gasteiger partial charge in [-0.1, -0.05) is 19.1 Å². The van der Waals surface area contributed by atoms with Crippen LogP contribution in [0.4, 0.5) is 0 Å². The van der Waals surface area contributed by atoms with Gasteiger partial charge in [-0.2, -0.15) is 5.10 Å². The van der Waals surface area contributed by atoms with Crippen LogP contribution in [-0.2, 0) is 13.1 Å². The molecule has 0 radical (unpaired) electrons. The summed E-state index contributed by atoms with van der Waals surface area (Å²) >= 11 is 0. The Morgan fingerprint density at radius 1 is 1.25 bits per heavy atom. The first kappa shape index (κ1) is 14.6. The molecule has 1 aromatic carbocycles. The quantitative estimate of drug-likeness (QED) is 0.842. The molecular formula is C16H23N3O. The van der Waals surface area contributed by atoms with Crippen molar-refractivity contribution in [2.75, 3.05) is 7.11 Å². The molecule has 1 heterocycles. The molecule has 20 heavy (non-hydrogen) atoms. The van der Waals surface area contributed by atoms with Gasteiger partial charge in [0.15, 0.2) is 0 Å². The van der Waals surface area contributed by atoms with E-state index >= 15 is 0 Å². The van der Waals surface area contributed by atoms with Crippen LogP contribution in [0.5, 0.6) is 5.75 Å². The molecule has 0 aliphatic rings. The van der Waals surface area contributed by atoms with Gasteiger partial charge in [-0.05, 0) is 37.1 Å². The minimum atomic E-state index is 0.297. The summed E-state index contributed by atoms with van der Waals surface area (Å²) in [4.78, 5) is 0. The highest BCUT2D eigenvalue weighted by Crippen LogP contribution is 2.17. The van der Waals surface area contributed by atoms with Gasteiger partial charge in [-0.25, -0.2) is 0 Å². The van der Waals surface area contributed by atoms with Gasteiger partial charge in [-0.15, -0.1) is 0 Å². The topological polar surface area (TPSA) is 39.1 Å². The molecule has 0 aliphatic heterocycles. The van der Waals surface area contributed by atoms with Crippen LogP contribution in [0.3, 0.4) is 0 Å². The van der Waals surface area contributed by atoms with Crippen molar-refractivity contribution < 1.29 is 4.74 Å². The first-order valence-corrected chi connectivity index (χ1v) is 7.12. The third kappa shape index (κ3) is 3.61. The number of nitrogens with zero attached hydrogens (tertiary/aromatic N) is 2. The average Bonchev–Trinajstić information content (AvgIpc) is 2.92. The number of rotatable bonds is 7. The smallest absolute Gasteiger partial charge is 0.118 e. The number of benzene rings is 1. The van der Waals surface area contributed by atoms with Crippen molar-refractivity contribution >= 4 is 0 Å². The highest BCUT2D eigenvalue weighted by atomic mass is 16.5. The summed E-state index contributed by atoms with van der Waals surface area (Å²) in [5, 5.41) is 7.88. The molecule has 0 spiro atoms. The van der Waals surface area contributed by atoms with Crippen molar-refractivity contribution in [3.63, 3.8) is 0 Å². The van der Waals surface area contributed by atoms with Crippen LogP contribution in [0.15, 0.2) is 36.5 Å². The molecule has 1 aromatic heterocycles. The van der Waals surface area contributed by atoms with E-state index in [-0.39, 0.29) is 0 Å². The van der Waals surface area contributed by atoms with Crippen molar-refractivity contribution in [3.05, 3.63) is 47.8 Å². The number of hydrogen-bond acceptors (Lipinski definition) is 3. The van der Waals surface area contributed by atoms with Gasteiger partial charge in [0.2, 0.25) is 0 Å². The molecular weight excluding hydrogens is 250 g/mol. The standard InChI is InChI=1S/C16H23N3O/c1-4-11-19-15(9-10-18-19)12-17-13(2)14-5-7-16(20-3)8-6-14/h5-10,13,17H,4,11-12H2,1-3H3. The molecule has 0 bridgehead atoms. The van der Waals surface area contributed by atoms with E-state index in [2.05, 4.69) is 47.1 Å². The van der Waals surface area contributed by atoms with Gasteiger partial charge in [0, 0.05) is 25.3 Å². The first-order chi connectivity index (χ1) is 9.74. The molecule has 0 saturated heterocycles. The second-order valence-electron chi connectivity index (χ2n) is 4.92. The van der Waals surface area contributed by atoms with Crippen LogP contribution >= 0.6 is 0 Å². The molecule has 2 rings (SSSR count). The predicted molar refractivity (Wildman–Crippen MR) is 80.8 cm³/mol. The zero-order chi connectivity index (χ0) is 14.4. The maximum atomic E-state index is 5.18. The third-order valence-electron chi connectivity index (χ3n) is 3.45. The van der Waals surface area contributed by atoms with Crippen LogP contribution < -0.4 is 10.1 Å². The van der Waals surface area contributed by atoms with Crippen molar-refractivity contribution in [2.45, 2.75) is 39.4 Å². The highest BCUT2D eigenvalue weighted by molar-refractivity contribution is 5.28. The fourth-order valence-electron chi connectivity index (χ4n) is 2.19. The molecule has 4 nitrogen and oxygen atoms in total. The number of aromatic nitrogens is 2. The van der Waals surface area contributed by atoms with E-state index < -0.39 is 0 Å². The third-order valence-corrected chi connectivity index (χ3v) is 3.45. The fourth-order valence-corrected chi connectivity index (χ4v) is 2.19. The van der Waals surface area contributed by atoms with Gasteiger partial charge < -0.3 is 10.1 Å². The van der Waals surface area contributed by atoms with E-state index in [4.69, 9.17) is 4.74 Å². The SMILES string of the molecule is CCCn1nccc1CNC(C)c1ccc(OC)cc1. The monoisotopic (exact) mass is 273 g/mol. The van der Waals surface area contributed by atoms with Gasteiger partial charge in [0.25, 0.3) is 0 Å². The largest absolute Gasteiger partial charge is 0.497 e. The highest BCUT2D eigenvalue weighted by Gasteiger charge is 2.07. The average molecular weight is 273 g/mol.